The van der Waals surface area contributed by atoms with Crippen molar-refractivity contribution in [3.8, 4) is 5.75 Å². The van der Waals surface area contributed by atoms with Gasteiger partial charge < -0.3 is 15.8 Å². The largest absolute Gasteiger partial charge is 0.484 e. The van der Waals surface area contributed by atoms with Gasteiger partial charge in [-0.3, -0.25) is 4.79 Å². The monoisotopic (exact) mass is 312 g/mol. The predicted octanol–water partition coefficient (Wildman–Crippen LogP) is 2.46. The molecule has 1 atom stereocenters. The highest BCUT2D eigenvalue weighted by atomic mass is 35.5. The molecule has 1 aliphatic rings. The van der Waals surface area contributed by atoms with E-state index in [0.717, 1.165) is 5.75 Å². The summed E-state index contributed by atoms with van der Waals surface area (Å²) in [5.41, 5.74) is 6.88. The lowest BCUT2D eigenvalue weighted by atomic mass is 10.0. The molecule has 3 N–H and O–H groups in total. The summed E-state index contributed by atoms with van der Waals surface area (Å²) in [5.74, 6) is 1.65. The van der Waals surface area contributed by atoms with Gasteiger partial charge in [-0.2, -0.15) is 0 Å². The van der Waals surface area contributed by atoms with Crippen molar-refractivity contribution in [3.63, 3.8) is 0 Å². The Kier molecular flexibility index (Phi) is 6.99. The van der Waals surface area contributed by atoms with Crippen LogP contribution in [0.5, 0.6) is 5.75 Å². The van der Waals surface area contributed by atoms with Crippen LogP contribution < -0.4 is 15.8 Å². The van der Waals surface area contributed by atoms with Crippen molar-refractivity contribution < 1.29 is 9.53 Å². The minimum atomic E-state index is -0.0951. The minimum absolute atomic E-state index is 0. The van der Waals surface area contributed by atoms with Crippen molar-refractivity contribution in [1.29, 1.82) is 0 Å². The normalized spacial score (nSPS) is 15.2. The summed E-state index contributed by atoms with van der Waals surface area (Å²) >= 11 is 0. The fourth-order valence-corrected chi connectivity index (χ4v) is 2.23. The number of nitrogens with two attached hydrogens (primary N) is 1. The van der Waals surface area contributed by atoms with E-state index in [9.17, 15) is 4.79 Å². The quantitative estimate of drug-likeness (QED) is 0.813. The highest BCUT2D eigenvalue weighted by molar-refractivity contribution is 5.85. The summed E-state index contributed by atoms with van der Waals surface area (Å²) in [6.45, 7) is 4.81. The Morgan fingerprint density at radius 2 is 2.14 bits per heavy atom. The molecule has 2 rings (SSSR count). The van der Waals surface area contributed by atoms with Gasteiger partial charge in [-0.1, -0.05) is 26.0 Å². The molecule has 118 valence electrons. The number of benzene rings is 1. The third-order valence-electron chi connectivity index (χ3n) is 3.69. The fourth-order valence-electron chi connectivity index (χ4n) is 2.23. The van der Waals surface area contributed by atoms with Gasteiger partial charge in [0.1, 0.15) is 5.75 Å². The number of carbonyl (C=O) groups is 1. The number of carbonyl (C=O) groups excluding carboxylic acids is 1. The Morgan fingerprint density at radius 3 is 2.71 bits per heavy atom. The lowest BCUT2D eigenvalue weighted by Gasteiger charge is -2.16. The van der Waals surface area contributed by atoms with Crippen LogP contribution in [0.1, 0.15) is 38.2 Å². The van der Waals surface area contributed by atoms with Crippen LogP contribution in [0.2, 0.25) is 0 Å². The Morgan fingerprint density at radius 1 is 1.43 bits per heavy atom. The summed E-state index contributed by atoms with van der Waals surface area (Å²) < 4.78 is 5.55. The van der Waals surface area contributed by atoms with Crippen molar-refractivity contribution in [3.05, 3.63) is 29.8 Å². The molecule has 5 heteroatoms. The Hall–Kier alpha value is -1.26. The molecule has 0 bridgehead atoms. The third kappa shape index (κ3) is 5.56. The van der Waals surface area contributed by atoms with Gasteiger partial charge in [0.25, 0.3) is 5.91 Å². The van der Waals surface area contributed by atoms with E-state index in [1.54, 1.807) is 0 Å². The average Bonchev–Trinajstić information content (AvgIpc) is 3.27. The zero-order chi connectivity index (χ0) is 14.5. The maximum absolute atomic E-state index is 11.8. The summed E-state index contributed by atoms with van der Waals surface area (Å²) in [6.07, 6.45) is 2.33. The van der Waals surface area contributed by atoms with Crippen LogP contribution in [0.25, 0.3) is 0 Å². The molecule has 1 saturated carbocycles. The van der Waals surface area contributed by atoms with Crippen LogP contribution in [0.3, 0.4) is 0 Å². The fraction of sp³-hybridized carbons (Fsp3) is 0.562. The van der Waals surface area contributed by atoms with Gasteiger partial charge >= 0.3 is 0 Å². The number of rotatable bonds is 7. The molecule has 1 aromatic rings. The zero-order valence-corrected chi connectivity index (χ0v) is 13.5. The second-order valence-corrected chi connectivity index (χ2v) is 5.76. The number of halogens is 1. The van der Waals surface area contributed by atoms with Crippen molar-refractivity contribution in [2.24, 2.45) is 11.7 Å². The standard InChI is InChI=1S/C16H24N2O2.ClH/c1-11(2)13-4-3-5-14(8-13)20-10-16(19)18-15(9-17)12-6-7-12;/h3-5,8,11-12,15H,6-7,9-10,17H2,1-2H3,(H,18,19);1H. The van der Waals surface area contributed by atoms with E-state index < -0.39 is 0 Å². The first-order valence-electron chi connectivity index (χ1n) is 7.32. The van der Waals surface area contributed by atoms with Crippen LogP contribution in [0, 0.1) is 5.92 Å². The molecule has 0 spiro atoms. The lowest BCUT2D eigenvalue weighted by molar-refractivity contribution is -0.123. The smallest absolute Gasteiger partial charge is 0.258 e. The average molecular weight is 313 g/mol. The molecule has 1 unspecified atom stereocenters. The van der Waals surface area contributed by atoms with E-state index in [1.807, 2.05) is 18.2 Å². The van der Waals surface area contributed by atoms with Gasteiger partial charge in [-0.15, -0.1) is 12.4 Å². The summed E-state index contributed by atoms with van der Waals surface area (Å²) in [6, 6.07) is 7.98. The third-order valence-corrected chi connectivity index (χ3v) is 3.69. The van der Waals surface area contributed by atoms with E-state index in [4.69, 9.17) is 10.5 Å². The van der Waals surface area contributed by atoms with Gasteiger partial charge in [0.05, 0.1) is 0 Å². The molecule has 1 amide bonds. The number of hydrogen-bond donors (Lipinski definition) is 2. The first-order chi connectivity index (χ1) is 9.60. The number of ether oxygens (including phenoxy) is 1. The number of nitrogens with one attached hydrogen (secondary N) is 1. The first-order valence-corrected chi connectivity index (χ1v) is 7.32. The van der Waals surface area contributed by atoms with Gasteiger partial charge in [0.2, 0.25) is 0 Å². The Labute approximate surface area is 132 Å². The molecular weight excluding hydrogens is 288 g/mol. The number of hydrogen-bond acceptors (Lipinski definition) is 3. The van der Waals surface area contributed by atoms with Gasteiger partial charge in [0.15, 0.2) is 6.61 Å². The molecule has 0 saturated heterocycles. The van der Waals surface area contributed by atoms with Crippen molar-refractivity contribution in [1.82, 2.24) is 5.32 Å². The molecule has 1 aromatic carbocycles. The first kappa shape index (κ1) is 17.8. The van der Waals surface area contributed by atoms with Crippen LogP contribution in [0.4, 0.5) is 0 Å². The SMILES string of the molecule is CC(C)c1cccc(OCC(=O)NC(CN)C2CC2)c1.Cl. The Bertz CT molecular complexity index is 461. The van der Waals surface area contributed by atoms with Crippen LogP contribution in [-0.2, 0) is 4.79 Å². The maximum Gasteiger partial charge on any atom is 0.258 e. The van der Waals surface area contributed by atoms with E-state index in [-0.39, 0.29) is 31.0 Å². The molecule has 0 heterocycles. The molecule has 0 aromatic heterocycles. The number of amides is 1. The van der Waals surface area contributed by atoms with E-state index in [0.29, 0.717) is 18.4 Å². The second-order valence-electron chi connectivity index (χ2n) is 5.76. The topological polar surface area (TPSA) is 64.3 Å². The van der Waals surface area contributed by atoms with Crippen LogP contribution >= 0.6 is 12.4 Å². The van der Waals surface area contributed by atoms with Gasteiger partial charge in [-0.05, 0) is 42.4 Å². The molecule has 4 nitrogen and oxygen atoms in total. The molecule has 1 fully saturated rings. The zero-order valence-electron chi connectivity index (χ0n) is 12.7. The van der Waals surface area contributed by atoms with Crippen molar-refractivity contribution >= 4 is 18.3 Å². The molecule has 1 aliphatic carbocycles. The molecular formula is C16H25ClN2O2. The summed E-state index contributed by atoms with van der Waals surface area (Å²) in [5, 5.41) is 2.95. The lowest BCUT2D eigenvalue weighted by Crippen LogP contribution is -2.43. The van der Waals surface area contributed by atoms with Gasteiger partial charge in [-0.25, -0.2) is 0 Å². The summed E-state index contributed by atoms with van der Waals surface area (Å²) in [7, 11) is 0. The predicted molar refractivity (Wildman–Crippen MR) is 87.0 cm³/mol. The molecule has 0 aliphatic heterocycles. The van der Waals surface area contributed by atoms with E-state index in [2.05, 4.69) is 25.2 Å². The maximum atomic E-state index is 11.8. The molecule has 21 heavy (non-hydrogen) atoms. The highest BCUT2D eigenvalue weighted by Gasteiger charge is 2.31. The van der Waals surface area contributed by atoms with Crippen molar-refractivity contribution in [2.45, 2.75) is 38.6 Å². The van der Waals surface area contributed by atoms with E-state index in [1.165, 1.54) is 18.4 Å². The Balaban J connectivity index is 0.00000220. The summed E-state index contributed by atoms with van der Waals surface area (Å²) in [4.78, 5) is 11.8. The van der Waals surface area contributed by atoms with Gasteiger partial charge in [0, 0.05) is 12.6 Å². The van der Waals surface area contributed by atoms with Crippen LogP contribution in [0.15, 0.2) is 24.3 Å². The second kappa shape index (κ2) is 8.25. The van der Waals surface area contributed by atoms with Crippen molar-refractivity contribution in [2.75, 3.05) is 13.2 Å². The van der Waals surface area contributed by atoms with Crippen LogP contribution in [-0.4, -0.2) is 25.1 Å². The minimum Gasteiger partial charge on any atom is -0.484 e. The molecule has 0 radical (unpaired) electrons. The van der Waals surface area contributed by atoms with E-state index >= 15 is 0 Å². The highest BCUT2D eigenvalue weighted by Crippen LogP contribution is 2.32.